The molecule has 90 valence electrons. The SMILES string of the molecule is [CH2-]S(=O)(=O)OCCCCOS([CH2-])(=O)=O.[Rf].[Rf]. The van der Waals surface area contributed by atoms with E-state index in [1.54, 1.807) is 0 Å². The fraction of sp³-hybridized carbons (Fsp3) is 0.667. The Labute approximate surface area is 84.5 Å². The molecule has 0 aliphatic heterocycles. The van der Waals surface area contributed by atoms with Crippen molar-refractivity contribution in [2.75, 3.05) is 13.2 Å². The third-order valence-corrected chi connectivity index (χ3v) is 2.12. The topological polar surface area (TPSA) is 86.7 Å². The zero-order chi connectivity index (χ0) is 11.2. The molecule has 0 amide bonds. The first kappa shape index (κ1) is 19.4. The van der Waals surface area contributed by atoms with Gasteiger partial charge < -0.3 is 0 Å². The summed E-state index contributed by atoms with van der Waals surface area (Å²) in [5.41, 5.74) is 0. The molecule has 0 bridgehead atoms. The maximum atomic E-state index is 10.4. The molecule has 0 aromatic heterocycles. The Hall–Kier alpha value is -2.18. The van der Waals surface area contributed by atoms with Gasteiger partial charge in [0.1, 0.15) is 20.2 Å². The minimum atomic E-state index is -3.66. The van der Waals surface area contributed by atoms with Gasteiger partial charge in [0, 0.05) is 0 Å². The van der Waals surface area contributed by atoms with Crippen LogP contribution >= 0.6 is 0 Å². The first-order valence-corrected chi connectivity index (χ1v) is 6.81. The molecule has 0 aromatic carbocycles. The van der Waals surface area contributed by atoms with Crippen LogP contribution in [0, 0.1) is 12.5 Å². The zero-order valence-corrected chi connectivity index (χ0v) is 23.4. The standard InChI is InChI=1S/C6H12O6S2.2Rf/c1-13(7,8)11-5-3-4-6-12-14(2,9)10;;/h1-6H2;;/q-2;;. The maximum Gasteiger partial charge on any atom is 0.133 e. The van der Waals surface area contributed by atoms with E-state index in [1.807, 2.05) is 0 Å². The van der Waals surface area contributed by atoms with Crippen molar-refractivity contribution >= 4 is 20.2 Å². The number of hydrogen-bond acceptors (Lipinski definition) is 6. The van der Waals surface area contributed by atoms with Crippen LogP contribution in [0.4, 0.5) is 0 Å². The van der Waals surface area contributed by atoms with Crippen LogP contribution in [-0.2, 0) is 28.6 Å². The molecule has 0 aliphatic rings. The molecule has 0 atom stereocenters. The van der Waals surface area contributed by atoms with Crippen molar-refractivity contribution in [1.29, 1.82) is 0 Å². The van der Waals surface area contributed by atoms with Crippen LogP contribution < -0.4 is 0 Å². The summed E-state index contributed by atoms with van der Waals surface area (Å²) < 4.78 is 50.0. The molecular weight excluding hydrogens is 766 g/mol. The second-order valence-electron chi connectivity index (χ2n) is 2.47. The summed E-state index contributed by atoms with van der Waals surface area (Å²) in [7, 11) is -7.32. The van der Waals surface area contributed by atoms with Crippen molar-refractivity contribution in [3.8, 4) is 0 Å². The fourth-order valence-electron chi connectivity index (χ4n) is 0.576. The van der Waals surface area contributed by atoms with Gasteiger partial charge in [0.25, 0.3) is 0 Å². The van der Waals surface area contributed by atoms with Crippen molar-refractivity contribution in [1.82, 2.24) is 0 Å². The third-order valence-electron chi connectivity index (χ3n) is 1.06. The first-order chi connectivity index (χ1) is 6.21. The van der Waals surface area contributed by atoms with Crippen LogP contribution in [0.3, 0.4) is 0 Å². The van der Waals surface area contributed by atoms with E-state index in [4.69, 9.17) is 0 Å². The minimum absolute atomic E-state index is 0. The summed E-state index contributed by atoms with van der Waals surface area (Å²) >= 11 is 0. The molecule has 6 nitrogen and oxygen atoms in total. The van der Waals surface area contributed by atoms with Crippen LogP contribution in [0.25, 0.3) is 0 Å². The van der Waals surface area contributed by atoms with E-state index in [0.717, 1.165) is 0 Å². The van der Waals surface area contributed by atoms with Crippen LogP contribution in [0.2, 0.25) is 0 Å². The zero-order valence-electron chi connectivity index (χ0n) is 8.92. The summed E-state index contributed by atoms with van der Waals surface area (Å²) in [6.45, 7) is -0.0707. The van der Waals surface area contributed by atoms with Gasteiger partial charge in [-0.2, -0.15) is 12.5 Å². The molecule has 0 aromatic rings. The monoisotopic (exact) mass is 778 g/mol. The average molecular weight is 778 g/mol. The molecule has 0 unspecified atom stereocenters. The molecule has 0 fully saturated rings. The molecule has 0 spiro atoms. The van der Waals surface area contributed by atoms with Crippen molar-refractivity contribution in [3.05, 3.63) is 12.5 Å². The number of rotatable bonds is 7. The molecule has 0 saturated heterocycles. The van der Waals surface area contributed by atoms with Crippen LogP contribution in [0.5, 0.6) is 0 Å². The summed E-state index contributed by atoms with van der Waals surface area (Å²) in [5.74, 6) is 0. The largest absolute Gasteiger partial charge is 0.294 e. The number of hydrogen-bond donors (Lipinski definition) is 0. The van der Waals surface area contributed by atoms with Gasteiger partial charge >= 0.3 is 0 Å². The van der Waals surface area contributed by atoms with E-state index in [-0.39, 0.29) is 13.2 Å². The minimum Gasteiger partial charge on any atom is -0.294 e. The predicted molar refractivity (Wildman–Crippen MR) is 49.7 cm³/mol. The molecule has 0 heterocycles. The molecule has 16 heavy (non-hydrogen) atoms. The van der Waals surface area contributed by atoms with E-state index in [2.05, 4.69) is 20.9 Å². The van der Waals surface area contributed by atoms with Gasteiger partial charge in [0.2, 0.25) is 0 Å². The Bertz CT molecular complexity index is 313. The smallest absolute Gasteiger partial charge is 0.133 e. The van der Waals surface area contributed by atoms with Crippen molar-refractivity contribution in [2.24, 2.45) is 0 Å². The average Bonchev–Trinajstić information content (AvgIpc) is 1.92. The second kappa shape index (κ2) is 7.16. The normalized spacial score (nSPS) is 11.4. The third kappa shape index (κ3) is 17.8. The van der Waals surface area contributed by atoms with Crippen molar-refractivity contribution in [2.45, 2.75) is 12.8 Å². The quantitative estimate of drug-likeness (QED) is 0.207. The first-order valence-electron chi connectivity index (χ1n) is 3.65. The summed E-state index contributed by atoms with van der Waals surface area (Å²) in [6, 6.07) is 0. The molecule has 0 radical (unpaired) electrons. The van der Waals surface area contributed by atoms with E-state index < -0.39 is 20.2 Å². The summed E-state index contributed by atoms with van der Waals surface area (Å²) in [6.07, 6.45) is 6.21. The Morgan fingerprint density at radius 3 is 1.19 bits per heavy atom. The number of unbranched alkanes of at least 4 members (excludes halogenated alkanes) is 1. The van der Waals surface area contributed by atoms with Gasteiger partial charge in [-0.05, 0) is 12.8 Å². The molecular formula is C6H12O6Rf2S2-2. The van der Waals surface area contributed by atoms with Crippen molar-refractivity contribution < 1.29 is 25.2 Å². The van der Waals surface area contributed by atoms with E-state index in [0.29, 0.717) is 12.8 Å². The summed E-state index contributed by atoms with van der Waals surface area (Å²) in [5, 5.41) is 0. The molecule has 0 aliphatic carbocycles. The van der Waals surface area contributed by atoms with Crippen LogP contribution in [-0.4, -0.2) is 30.0 Å². The van der Waals surface area contributed by atoms with E-state index >= 15 is 0 Å². The van der Waals surface area contributed by atoms with Gasteiger partial charge in [0.15, 0.2) is 0 Å². The maximum absolute atomic E-state index is 10.4. The van der Waals surface area contributed by atoms with E-state index in [9.17, 15) is 16.8 Å². The Balaban J connectivity index is -0.000000845. The van der Waals surface area contributed by atoms with Gasteiger partial charge in [-0.1, -0.05) is 0 Å². The Kier molecular flexibility index (Phi) is 8.68. The van der Waals surface area contributed by atoms with Crippen LogP contribution in [0.1, 0.15) is 12.8 Å². The summed E-state index contributed by atoms with van der Waals surface area (Å²) in [4.78, 5) is 0. The van der Waals surface area contributed by atoms with Gasteiger partial charge in [-0.15, -0.1) is 0 Å². The van der Waals surface area contributed by atoms with Crippen LogP contribution in [0.15, 0.2) is 0 Å². The predicted octanol–water partition coefficient (Wildman–Crippen LogP) is 0.0426. The Morgan fingerprint density at radius 1 is 0.750 bits per heavy atom. The van der Waals surface area contributed by atoms with Gasteiger partial charge in [-0.25, -0.2) is 16.8 Å². The molecule has 0 saturated carbocycles. The van der Waals surface area contributed by atoms with Crippen molar-refractivity contribution in [3.63, 3.8) is 0 Å². The molecule has 0 N–H and O–H groups in total. The van der Waals surface area contributed by atoms with Gasteiger partial charge in [0.05, 0.1) is 13.2 Å². The van der Waals surface area contributed by atoms with E-state index in [1.165, 1.54) is 0 Å². The van der Waals surface area contributed by atoms with Gasteiger partial charge in [-0.3, -0.25) is 8.37 Å². The fourth-order valence-corrected chi connectivity index (χ4v) is 1.32. The molecule has 10 heteroatoms. The molecule has 0 rings (SSSR count). The second-order valence-corrected chi connectivity index (χ2v) is 5.17. The Morgan fingerprint density at radius 2 is 1.00 bits per heavy atom.